The molecular formula is C58H45NO. The fourth-order valence-electron chi connectivity index (χ4n) is 9.83. The lowest BCUT2D eigenvalue weighted by molar-refractivity contribution is 0.445. The molecular weight excluding hydrogens is 727 g/mol. The maximum absolute atomic E-state index is 6.31. The van der Waals surface area contributed by atoms with Crippen molar-refractivity contribution in [2.45, 2.75) is 38.0 Å². The van der Waals surface area contributed by atoms with E-state index in [0.717, 1.165) is 50.1 Å². The molecule has 1 saturated carbocycles. The molecule has 0 radical (unpaired) electrons. The van der Waals surface area contributed by atoms with Gasteiger partial charge in [0.25, 0.3) is 0 Å². The highest BCUT2D eigenvalue weighted by molar-refractivity contribution is 6.08. The van der Waals surface area contributed by atoms with Gasteiger partial charge in [-0.05, 0) is 105 Å². The highest BCUT2D eigenvalue weighted by Crippen LogP contribution is 2.50. The topological polar surface area (TPSA) is 16.4 Å². The summed E-state index contributed by atoms with van der Waals surface area (Å²) >= 11 is 0. The van der Waals surface area contributed by atoms with E-state index in [0.29, 0.717) is 5.92 Å². The maximum Gasteiger partial charge on any atom is 0.135 e. The van der Waals surface area contributed by atoms with Gasteiger partial charge in [0.1, 0.15) is 11.2 Å². The third-order valence-corrected chi connectivity index (χ3v) is 12.7. The lowest BCUT2D eigenvalue weighted by Crippen LogP contribution is -2.14. The van der Waals surface area contributed by atoms with Gasteiger partial charge in [0.15, 0.2) is 0 Å². The van der Waals surface area contributed by atoms with Crippen LogP contribution in [0.25, 0.3) is 77.2 Å². The van der Waals surface area contributed by atoms with Crippen molar-refractivity contribution in [1.29, 1.82) is 0 Å². The molecule has 0 amide bonds. The minimum Gasteiger partial charge on any atom is -0.456 e. The number of rotatable bonds is 8. The Morgan fingerprint density at radius 2 is 0.967 bits per heavy atom. The van der Waals surface area contributed by atoms with Crippen LogP contribution in [-0.4, -0.2) is 0 Å². The fourth-order valence-corrected chi connectivity index (χ4v) is 9.83. The van der Waals surface area contributed by atoms with Gasteiger partial charge in [-0.25, -0.2) is 0 Å². The first-order chi connectivity index (χ1) is 29.8. The van der Waals surface area contributed by atoms with Gasteiger partial charge in [0.05, 0.1) is 17.1 Å². The Bertz CT molecular complexity index is 3130. The molecule has 0 aliphatic heterocycles. The lowest BCUT2D eigenvalue weighted by atomic mass is 9.80. The quantitative estimate of drug-likeness (QED) is 0.153. The minimum atomic E-state index is 0.566. The molecule has 0 bridgehead atoms. The van der Waals surface area contributed by atoms with Gasteiger partial charge in [-0.15, -0.1) is 0 Å². The zero-order valence-corrected chi connectivity index (χ0v) is 33.6. The van der Waals surface area contributed by atoms with Crippen molar-refractivity contribution < 1.29 is 4.42 Å². The second-order valence-electron chi connectivity index (χ2n) is 16.2. The monoisotopic (exact) mass is 771 g/mol. The summed E-state index contributed by atoms with van der Waals surface area (Å²) in [5.74, 6) is 0.566. The number of fused-ring (bicyclic) bond motifs is 4. The van der Waals surface area contributed by atoms with Gasteiger partial charge < -0.3 is 9.32 Å². The van der Waals surface area contributed by atoms with Gasteiger partial charge in [-0.2, -0.15) is 0 Å². The smallest absolute Gasteiger partial charge is 0.135 e. The van der Waals surface area contributed by atoms with Crippen molar-refractivity contribution in [2.75, 3.05) is 4.90 Å². The van der Waals surface area contributed by atoms with Crippen molar-refractivity contribution in [3.63, 3.8) is 0 Å². The fraction of sp³-hybridized carbons (Fsp3) is 0.103. The Kier molecular flexibility index (Phi) is 9.32. The third kappa shape index (κ3) is 6.46. The van der Waals surface area contributed by atoms with Crippen LogP contribution < -0.4 is 4.90 Å². The van der Waals surface area contributed by atoms with Gasteiger partial charge in [-0.3, -0.25) is 0 Å². The summed E-state index contributed by atoms with van der Waals surface area (Å²) in [5.41, 5.74) is 16.1. The van der Waals surface area contributed by atoms with Gasteiger partial charge in [0.2, 0.25) is 0 Å². The summed E-state index contributed by atoms with van der Waals surface area (Å²) in [6.07, 6.45) is 6.43. The van der Waals surface area contributed by atoms with E-state index < -0.39 is 0 Å². The van der Waals surface area contributed by atoms with Crippen LogP contribution in [0.5, 0.6) is 0 Å². The number of hydrogen-bond acceptors (Lipinski definition) is 2. The predicted octanol–water partition coefficient (Wildman–Crippen LogP) is 16.9. The van der Waals surface area contributed by atoms with Crippen LogP contribution >= 0.6 is 0 Å². The molecule has 9 aromatic carbocycles. The molecule has 288 valence electrons. The SMILES string of the molecule is c1ccc(-c2ccc(N(c3ccccc3-c3ccc4oc5ccccc5c4c3)c3ccccc3-c3cccc4cccc(C5CCCCC5)c34)c(-c3ccccc3)c2)cc1. The second-order valence-corrected chi connectivity index (χ2v) is 16.2. The first-order valence-electron chi connectivity index (χ1n) is 21.5. The van der Waals surface area contributed by atoms with Crippen molar-refractivity contribution in [1.82, 2.24) is 0 Å². The zero-order chi connectivity index (χ0) is 39.8. The molecule has 0 unspecified atom stereocenters. The Balaban J connectivity index is 1.19. The van der Waals surface area contributed by atoms with E-state index in [4.69, 9.17) is 4.42 Å². The molecule has 0 spiro atoms. The van der Waals surface area contributed by atoms with Crippen molar-refractivity contribution >= 4 is 49.8 Å². The Hall–Kier alpha value is -7.16. The predicted molar refractivity (Wildman–Crippen MR) is 253 cm³/mol. The lowest BCUT2D eigenvalue weighted by Gasteiger charge is -2.32. The van der Waals surface area contributed by atoms with E-state index in [1.165, 1.54) is 81.8 Å². The average molecular weight is 772 g/mol. The Labute approximate surface area is 352 Å². The number of nitrogens with zero attached hydrogens (tertiary/aromatic N) is 1. The van der Waals surface area contributed by atoms with Crippen LogP contribution in [0.3, 0.4) is 0 Å². The molecule has 1 heterocycles. The Morgan fingerprint density at radius 1 is 0.367 bits per heavy atom. The Morgan fingerprint density at radius 3 is 1.77 bits per heavy atom. The molecule has 0 atom stereocenters. The highest BCUT2D eigenvalue weighted by Gasteiger charge is 2.26. The molecule has 2 heteroatoms. The molecule has 0 N–H and O–H groups in total. The summed E-state index contributed by atoms with van der Waals surface area (Å²) < 4.78 is 6.31. The first kappa shape index (κ1) is 36.0. The standard InChI is InChI=1S/C58H45NO/c1-4-18-40(19-5-1)44-34-36-55(51(38-44)42-22-8-3-9-23-42)59(53-31-13-10-26-46(53)45-35-37-57-52(39-45)49-28-12-15-33-56(49)60-57)54-32-14-11-27-48(54)50-30-17-25-43-24-16-29-47(58(43)50)41-20-6-2-7-21-41/h1,3-5,8-19,22-39,41H,2,6-7,20-21H2. The van der Waals surface area contributed by atoms with E-state index in [2.05, 4.69) is 205 Å². The molecule has 0 saturated heterocycles. The molecule has 11 rings (SSSR count). The summed E-state index contributed by atoms with van der Waals surface area (Å²) in [6.45, 7) is 0. The average Bonchev–Trinajstić information content (AvgIpc) is 3.71. The maximum atomic E-state index is 6.31. The molecule has 1 fully saturated rings. The van der Waals surface area contributed by atoms with Crippen LogP contribution in [0, 0.1) is 0 Å². The van der Waals surface area contributed by atoms with Crippen LogP contribution in [-0.2, 0) is 0 Å². The molecule has 1 aliphatic carbocycles. The van der Waals surface area contributed by atoms with Gasteiger partial charge in [-0.1, -0.05) is 183 Å². The summed E-state index contributed by atoms with van der Waals surface area (Å²) in [4.78, 5) is 2.53. The summed E-state index contributed by atoms with van der Waals surface area (Å²) in [5, 5.41) is 4.93. The molecule has 1 aliphatic rings. The summed E-state index contributed by atoms with van der Waals surface area (Å²) in [6, 6.07) is 75.4. The third-order valence-electron chi connectivity index (χ3n) is 12.7. The van der Waals surface area contributed by atoms with Crippen LogP contribution in [0.15, 0.2) is 211 Å². The van der Waals surface area contributed by atoms with Crippen molar-refractivity contribution in [2.24, 2.45) is 0 Å². The van der Waals surface area contributed by atoms with Crippen LogP contribution in [0.1, 0.15) is 43.6 Å². The summed E-state index contributed by atoms with van der Waals surface area (Å²) in [7, 11) is 0. The van der Waals surface area contributed by atoms with Crippen molar-refractivity contribution in [3.05, 3.63) is 212 Å². The van der Waals surface area contributed by atoms with E-state index >= 15 is 0 Å². The number of hydrogen-bond donors (Lipinski definition) is 0. The molecule has 1 aromatic heterocycles. The van der Waals surface area contributed by atoms with Gasteiger partial charge in [0, 0.05) is 27.5 Å². The van der Waals surface area contributed by atoms with E-state index in [1.807, 2.05) is 6.07 Å². The molecule has 60 heavy (non-hydrogen) atoms. The number of benzene rings is 9. The van der Waals surface area contributed by atoms with Gasteiger partial charge >= 0.3 is 0 Å². The zero-order valence-electron chi connectivity index (χ0n) is 33.6. The number of furan rings is 1. The largest absolute Gasteiger partial charge is 0.456 e. The van der Waals surface area contributed by atoms with Crippen molar-refractivity contribution in [3.8, 4) is 44.5 Å². The van der Waals surface area contributed by atoms with E-state index in [-0.39, 0.29) is 0 Å². The van der Waals surface area contributed by atoms with Crippen LogP contribution in [0.4, 0.5) is 17.1 Å². The number of para-hydroxylation sites is 3. The first-order valence-corrected chi connectivity index (χ1v) is 21.5. The minimum absolute atomic E-state index is 0.566. The van der Waals surface area contributed by atoms with Crippen LogP contribution in [0.2, 0.25) is 0 Å². The highest BCUT2D eigenvalue weighted by atomic mass is 16.3. The molecule has 2 nitrogen and oxygen atoms in total. The van der Waals surface area contributed by atoms with E-state index in [1.54, 1.807) is 0 Å². The number of anilines is 3. The molecule has 10 aromatic rings. The normalized spacial score (nSPS) is 13.3. The second kappa shape index (κ2) is 15.5. The van der Waals surface area contributed by atoms with E-state index in [9.17, 15) is 0 Å².